The second kappa shape index (κ2) is 5.46. The summed E-state index contributed by atoms with van der Waals surface area (Å²) in [5.74, 6) is 0. The molecule has 1 heterocycles. The predicted octanol–water partition coefficient (Wildman–Crippen LogP) is 2.85. The fraction of sp³-hybridized carbons (Fsp3) is 0.769. The van der Waals surface area contributed by atoms with Gasteiger partial charge in [0, 0.05) is 18.0 Å². The smallest absolute Gasteiger partial charge is 0.107 e. The Morgan fingerprint density at radius 2 is 2.12 bits per heavy atom. The van der Waals surface area contributed by atoms with Gasteiger partial charge in [-0.3, -0.25) is 0 Å². The van der Waals surface area contributed by atoms with Crippen molar-refractivity contribution in [2.75, 3.05) is 0 Å². The highest BCUT2D eigenvalue weighted by atomic mass is 32.1. The highest BCUT2D eigenvalue weighted by Crippen LogP contribution is 2.23. The minimum Gasteiger partial charge on any atom is -0.372 e. The summed E-state index contributed by atoms with van der Waals surface area (Å²) in [6.45, 7) is 1.63. The highest BCUT2D eigenvalue weighted by Gasteiger charge is 2.20. The molecule has 0 atom stereocenters. The first-order chi connectivity index (χ1) is 8.40. The molecule has 2 fully saturated rings. The van der Waals surface area contributed by atoms with E-state index in [0.717, 1.165) is 18.3 Å². The second-order valence-corrected chi connectivity index (χ2v) is 6.05. The second-order valence-electron chi connectivity index (χ2n) is 5.11. The molecular formula is C13H20N2OS. The van der Waals surface area contributed by atoms with Crippen LogP contribution in [0.15, 0.2) is 5.38 Å². The molecule has 2 aliphatic rings. The van der Waals surface area contributed by atoms with Crippen molar-refractivity contribution in [1.82, 2.24) is 10.3 Å². The van der Waals surface area contributed by atoms with E-state index in [1.165, 1.54) is 43.5 Å². The molecule has 3 rings (SSSR count). The summed E-state index contributed by atoms with van der Waals surface area (Å²) < 4.78 is 5.86. The average molecular weight is 252 g/mol. The third-order valence-electron chi connectivity index (χ3n) is 3.49. The zero-order valence-corrected chi connectivity index (χ0v) is 11.0. The number of aromatic nitrogens is 1. The number of thiazole rings is 1. The Balaban J connectivity index is 1.42. The Bertz CT molecular complexity index is 356. The summed E-state index contributed by atoms with van der Waals surface area (Å²) in [7, 11) is 0. The van der Waals surface area contributed by atoms with Crippen molar-refractivity contribution in [2.45, 2.75) is 63.8 Å². The van der Waals surface area contributed by atoms with Crippen LogP contribution >= 0.6 is 11.3 Å². The zero-order valence-electron chi connectivity index (χ0n) is 10.2. The van der Waals surface area contributed by atoms with E-state index in [-0.39, 0.29) is 0 Å². The van der Waals surface area contributed by atoms with Crippen LogP contribution < -0.4 is 5.32 Å². The maximum Gasteiger partial charge on any atom is 0.107 e. The van der Waals surface area contributed by atoms with Gasteiger partial charge in [-0.05, 0) is 25.7 Å². The first-order valence-electron chi connectivity index (χ1n) is 6.68. The van der Waals surface area contributed by atoms with E-state index in [4.69, 9.17) is 4.74 Å². The molecule has 0 aliphatic heterocycles. The summed E-state index contributed by atoms with van der Waals surface area (Å²) in [5, 5.41) is 6.82. The van der Waals surface area contributed by atoms with Crippen LogP contribution in [0.1, 0.15) is 49.2 Å². The first-order valence-corrected chi connectivity index (χ1v) is 7.56. The van der Waals surface area contributed by atoms with Gasteiger partial charge in [-0.25, -0.2) is 4.98 Å². The largest absolute Gasteiger partial charge is 0.372 e. The van der Waals surface area contributed by atoms with Gasteiger partial charge in [0.2, 0.25) is 0 Å². The Morgan fingerprint density at radius 3 is 2.88 bits per heavy atom. The van der Waals surface area contributed by atoms with Gasteiger partial charge in [0.1, 0.15) is 5.01 Å². The van der Waals surface area contributed by atoms with E-state index in [1.54, 1.807) is 11.3 Å². The molecule has 2 saturated carbocycles. The molecule has 0 saturated heterocycles. The lowest BCUT2D eigenvalue weighted by atomic mass is 10.3. The summed E-state index contributed by atoms with van der Waals surface area (Å²) in [6.07, 6.45) is 8.30. The molecule has 0 aromatic carbocycles. The van der Waals surface area contributed by atoms with Gasteiger partial charge in [-0.1, -0.05) is 12.8 Å². The quantitative estimate of drug-likeness (QED) is 0.845. The van der Waals surface area contributed by atoms with Crippen LogP contribution in [0.2, 0.25) is 0 Å². The lowest BCUT2D eigenvalue weighted by Crippen LogP contribution is -2.15. The van der Waals surface area contributed by atoms with E-state index in [9.17, 15) is 0 Å². The van der Waals surface area contributed by atoms with Crippen LogP contribution in [0.3, 0.4) is 0 Å². The van der Waals surface area contributed by atoms with Crippen molar-refractivity contribution in [3.05, 3.63) is 16.1 Å². The van der Waals surface area contributed by atoms with Crippen molar-refractivity contribution in [2.24, 2.45) is 0 Å². The number of ether oxygens (including phenoxy) is 1. The van der Waals surface area contributed by atoms with Gasteiger partial charge in [0.05, 0.1) is 18.4 Å². The summed E-state index contributed by atoms with van der Waals surface area (Å²) in [5.41, 5.74) is 1.11. The molecule has 1 N–H and O–H groups in total. The minimum absolute atomic E-state index is 0.490. The van der Waals surface area contributed by atoms with E-state index in [0.29, 0.717) is 12.7 Å². The van der Waals surface area contributed by atoms with Crippen LogP contribution in [-0.2, 0) is 17.9 Å². The molecule has 1 aromatic heterocycles. The van der Waals surface area contributed by atoms with Crippen molar-refractivity contribution in [3.8, 4) is 0 Å². The zero-order chi connectivity index (χ0) is 11.5. The highest BCUT2D eigenvalue weighted by molar-refractivity contribution is 7.09. The molecular weight excluding hydrogens is 232 g/mol. The van der Waals surface area contributed by atoms with Crippen molar-refractivity contribution in [3.63, 3.8) is 0 Å². The van der Waals surface area contributed by atoms with Crippen molar-refractivity contribution >= 4 is 11.3 Å². The molecule has 0 bridgehead atoms. The van der Waals surface area contributed by atoms with Crippen LogP contribution in [0.25, 0.3) is 0 Å². The fourth-order valence-corrected chi connectivity index (χ4v) is 3.00. The molecule has 0 radical (unpaired) electrons. The molecule has 94 valence electrons. The van der Waals surface area contributed by atoms with E-state index >= 15 is 0 Å². The number of nitrogens with one attached hydrogen (secondary N) is 1. The molecule has 3 nitrogen and oxygen atoms in total. The molecule has 4 heteroatoms. The number of nitrogens with zero attached hydrogens (tertiary/aromatic N) is 1. The average Bonchev–Trinajstić information content (AvgIpc) is 2.86. The maximum absolute atomic E-state index is 5.86. The first kappa shape index (κ1) is 11.6. The van der Waals surface area contributed by atoms with Gasteiger partial charge in [0.25, 0.3) is 0 Å². The standard InChI is InChI=1S/C13H20N2OS/c1-2-4-12(3-1)16-8-11-9-17-13(15-11)7-14-10-5-6-10/h9-10,12,14H,1-8H2. The SMILES string of the molecule is c1sc(CNC2CC2)nc1COC1CCCC1. The Morgan fingerprint density at radius 1 is 1.29 bits per heavy atom. The fourth-order valence-electron chi connectivity index (χ4n) is 2.27. The lowest BCUT2D eigenvalue weighted by Gasteiger charge is -2.08. The van der Waals surface area contributed by atoms with Gasteiger partial charge in [-0.15, -0.1) is 11.3 Å². The van der Waals surface area contributed by atoms with Crippen LogP contribution in [0, 0.1) is 0 Å². The summed E-state index contributed by atoms with van der Waals surface area (Å²) >= 11 is 1.75. The Kier molecular flexibility index (Phi) is 3.74. The van der Waals surface area contributed by atoms with Gasteiger partial charge >= 0.3 is 0 Å². The molecule has 17 heavy (non-hydrogen) atoms. The third-order valence-corrected chi connectivity index (χ3v) is 4.39. The molecule has 1 aromatic rings. The van der Waals surface area contributed by atoms with Crippen LogP contribution in [0.5, 0.6) is 0 Å². The summed E-state index contributed by atoms with van der Waals surface area (Å²) in [4.78, 5) is 4.60. The number of hydrogen-bond donors (Lipinski definition) is 1. The van der Waals surface area contributed by atoms with Crippen LogP contribution in [-0.4, -0.2) is 17.1 Å². The third kappa shape index (κ3) is 3.50. The number of rotatable bonds is 6. The van der Waals surface area contributed by atoms with Crippen LogP contribution in [0.4, 0.5) is 0 Å². The van der Waals surface area contributed by atoms with Crippen molar-refractivity contribution < 1.29 is 4.74 Å². The molecule has 2 aliphatic carbocycles. The topological polar surface area (TPSA) is 34.2 Å². The van der Waals surface area contributed by atoms with Gasteiger partial charge in [-0.2, -0.15) is 0 Å². The van der Waals surface area contributed by atoms with E-state index in [2.05, 4.69) is 15.7 Å². The summed E-state index contributed by atoms with van der Waals surface area (Å²) in [6, 6.07) is 0.761. The Labute approximate surface area is 107 Å². The lowest BCUT2D eigenvalue weighted by molar-refractivity contribution is 0.0440. The normalized spacial score (nSPS) is 21.2. The van der Waals surface area contributed by atoms with E-state index < -0.39 is 0 Å². The van der Waals surface area contributed by atoms with Crippen molar-refractivity contribution in [1.29, 1.82) is 0 Å². The molecule has 0 spiro atoms. The Hall–Kier alpha value is -0.450. The molecule has 0 amide bonds. The monoisotopic (exact) mass is 252 g/mol. The van der Waals surface area contributed by atoms with Gasteiger partial charge in [0.15, 0.2) is 0 Å². The number of hydrogen-bond acceptors (Lipinski definition) is 4. The van der Waals surface area contributed by atoms with E-state index in [1.807, 2.05) is 0 Å². The predicted molar refractivity (Wildman–Crippen MR) is 69.0 cm³/mol. The van der Waals surface area contributed by atoms with Gasteiger partial charge < -0.3 is 10.1 Å². The molecule has 0 unspecified atom stereocenters. The minimum atomic E-state index is 0.490. The maximum atomic E-state index is 5.86.